The van der Waals surface area contributed by atoms with Gasteiger partial charge in [-0.2, -0.15) is 0 Å². The van der Waals surface area contributed by atoms with Crippen LogP contribution in [0.2, 0.25) is 0 Å². The van der Waals surface area contributed by atoms with Crippen molar-refractivity contribution in [2.45, 2.75) is 12.5 Å². The zero-order valence-electron chi connectivity index (χ0n) is 10.4. The second-order valence-corrected chi connectivity index (χ2v) is 4.38. The highest BCUT2D eigenvalue weighted by Gasteiger charge is 2.16. The molecule has 0 radical (unpaired) electrons. The number of hydrogen-bond donors (Lipinski definition) is 0. The fraction of sp³-hybridized carbons (Fsp3) is 0.143. The predicted octanol–water partition coefficient (Wildman–Crippen LogP) is 4.05. The van der Waals surface area contributed by atoms with Crippen LogP contribution < -0.4 is 4.74 Å². The molecule has 0 fully saturated rings. The van der Waals surface area contributed by atoms with E-state index >= 15 is 0 Å². The van der Waals surface area contributed by atoms with E-state index in [0.717, 1.165) is 0 Å². The van der Waals surface area contributed by atoms with Crippen LogP contribution in [0.15, 0.2) is 42.5 Å². The van der Waals surface area contributed by atoms with Crippen LogP contribution in [0.3, 0.4) is 0 Å². The van der Waals surface area contributed by atoms with Crippen LogP contribution in [0.1, 0.15) is 11.1 Å². The van der Waals surface area contributed by atoms with Crippen LogP contribution in [-0.2, 0) is 12.5 Å². The summed E-state index contributed by atoms with van der Waals surface area (Å²) in [6.45, 7) is 0.0544. The van der Waals surface area contributed by atoms with E-state index in [4.69, 9.17) is 16.3 Å². The molecule has 4 nitrogen and oxygen atoms in total. The third-order valence-corrected chi connectivity index (χ3v) is 2.97. The largest absolute Gasteiger partial charge is 0.482 e. The number of hydrogen-bond acceptors (Lipinski definition) is 3. The van der Waals surface area contributed by atoms with E-state index in [2.05, 4.69) is 0 Å². The minimum absolute atomic E-state index is 0.0544. The van der Waals surface area contributed by atoms with Crippen LogP contribution in [-0.4, -0.2) is 4.92 Å². The average Bonchev–Trinajstić information content (AvgIpc) is 2.45. The quantitative estimate of drug-likeness (QED) is 0.475. The topological polar surface area (TPSA) is 52.4 Å². The van der Waals surface area contributed by atoms with Gasteiger partial charge >= 0.3 is 5.69 Å². The molecule has 0 heterocycles. The Labute approximate surface area is 119 Å². The first-order chi connectivity index (χ1) is 9.60. The molecule has 0 saturated carbocycles. The van der Waals surface area contributed by atoms with E-state index in [9.17, 15) is 14.5 Å². The Bertz CT molecular complexity index is 634. The van der Waals surface area contributed by atoms with Crippen molar-refractivity contribution < 1.29 is 14.1 Å². The number of alkyl halides is 1. The number of nitro groups is 1. The summed E-state index contributed by atoms with van der Waals surface area (Å²) in [4.78, 5) is 10.4. The van der Waals surface area contributed by atoms with Crippen molar-refractivity contribution >= 4 is 17.3 Å². The molecular weight excluding hydrogens is 285 g/mol. The summed E-state index contributed by atoms with van der Waals surface area (Å²) >= 11 is 5.64. The predicted molar refractivity (Wildman–Crippen MR) is 73.4 cm³/mol. The number of nitro benzene ring substituents is 1. The van der Waals surface area contributed by atoms with E-state index < -0.39 is 4.92 Å². The standard InChI is InChI=1S/C14H11ClFNO3/c15-8-10-4-5-14(13(7-10)17(18)19)20-9-11-2-1-3-12(16)6-11/h1-7H,8-9H2. The van der Waals surface area contributed by atoms with Gasteiger partial charge in [-0.25, -0.2) is 4.39 Å². The summed E-state index contributed by atoms with van der Waals surface area (Å²) in [5.41, 5.74) is 1.08. The number of nitrogens with zero attached hydrogens (tertiary/aromatic N) is 1. The lowest BCUT2D eigenvalue weighted by Gasteiger charge is -2.08. The van der Waals surface area contributed by atoms with Crippen LogP contribution in [0.25, 0.3) is 0 Å². The van der Waals surface area contributed by atoms with E-state index in [1.54, 1.807) is 18.2 Å². The summed E-state index contributed by atoms with van der Waals surface area (Å²) in [7, 11) is 0. The molecule has 2 aromatic carbocycles. The number of ether oxygens (including phenoxy) is 1. The molecular formula is C14H11ClFNO3. The summed E-state index contributed by atoms with van der Waals surface area (Å²) in [5.74, 6) is -0.0587. The molecule has 2 aromatic rings. The third kappa shape index (κ3) is 3.45. The van der Waals surface area contributed by atoms with Crippen molar-refractivity contribution in [2.75, 3.05) is 0 Å². The molecule has 104 valence electrons. The number of halogens is 2. The minimum Gasteiger partial charge on any atom is -0.482 e. The Morgan fingerprint density at radius 3 is 2.65 bits per heavy atom. The summed E-state index contributed by atoms with van der Waals surface area (Å²) < 4.78 is 18.4. The molecule has 0 unspecified atom stereocenters. The normalized spacial score (nSPS) is 10.3. The highest BCUT2D eigenvalue weighted by molar-refractivity contribution is 6.17. The van der Waals surface area contributed by atoms with Crippen molar-refractivity contribution in [1.82, 2.24) is 0 Å². The SMILES string of the molecule is O=[N+]([O-])c1cc(CCl)ccc1OCc1cccc(F)c1. The fourth-order valence-electron chi connectivity index (χ4n) is 1.70. The van der Waals surface area contributed by atoms with Crippen molar-refractivity contribution in [3.63, 3.8) is 0 Å². The van der Waals surface area contributed by atoms with E-state index in [0.29, 0.717) is 11.1 Å². The molecule has 6 heteroatoms. The lowest BCUT2D eigenvalue weighted by atomic mass is 10.2. The van der Waals surface area contributed by atoms with Crippen LogP contribution in [0, 0.1) is 15.9 Å². The van der Waals surface area contributed by atoms with Gasteiger partial charge in [-0.1, -0.05) is 18.2 Å². The summed E-state index contributed by atoms with van der Waals surface area (Å²) in [6, 6.07) is 10.4. The highest BCUT2D eigenvalue weighted by atomic mass is 35.5. The van der Waals surface area contributed by atoms with Gasteiger partial charge in [0.1, 0.15) is 12.4 Å². The Hall–Kier alpha value is -2.14. The van der Waals surface area contributed by atoms with Gasteiger partial charge in [-0.15, -0.1) is 11.6 Å². The average molecular weight is 296 g/mol. The van der Waals surface area contributed by atoms with Gasteiger partial charge in [-0.05, 0) is 29.3 Å². The van der Waals surface area contributed by atoms with Crippen molar-refractivity contribution in [3.8, 4) is 5.75 Å². The molecule has 0 atom stereocenters. The van der Waals surface area contributed by atoms with Crippen LogP contribution in [0.4, 0.5) is 10.1 Å². The van der Waals surface area contributed by atoms with Gasteiger partial charge in [0.2, 0.25) is 0 Å². The lowest BCUT2D eigenvalue weighted by Crippen LogP contribution is -2.00. The maximum Gasteiger partial charge on any atom is 0.311 e. The summed E-state index contributed by atoms with van der Waals surface area (Å²) in [5, 5.41) is 11.0. The molecule has 2 rings (SSSR count). The van der Waals surface area contributed by atoms with E-state index in [1.807, 2.05) is 0 Å². The Morgan fingerprint density at radius 1 is 1.20 bits per heavy atom. The first-order valence-electron chi connectivity index (χ1n) is 5.80. The Kier molecular flexibility index (Phi) is 4.53. The van der Waals surface area contributed by atoms with Gasteiger partial charge in [0.15, 0.2) is 5.75 Å². The van der Waals surface area contributed by atoms with Crippen LogP contribution >= 0.6 is 11.6 Å². The van der Waals surface area contributed by atoms with E-state index in [-0.39, 0.29) is 29.7 Å². The monoisotopic (exact) mass is 295 g/mol. The van der Waals surface area contributed by atoms with Crippen molar-refractivity contribution in [3.05, 3.63) is 69.5 Å². The molecule has 0 aliphatic carbocycles. The van der Waals surface area contributed by atoms with Gasteiger partial charge in [-0.3, -0.25) is 10.1 Å². The first kappa shape index (κ1) is 14.3. The smallest absolute Gasteiger partial charge is 0.311 e. The molecule has 0 aromatic heterocycles. The van der Waals surface area contributed by atoms with Gasteiger partial charge in [0.05, 0.1) is 4.92 Å². The maximum absolute atomic E-state index is 13.0. The van der Waals surface area contributed by atoms with Crippen molar-refractivity contribution in [1.29, 1.82) is 0 Å². The molecule has 0 aliphatic heterocycles. The van der Waals surface area contributed by atoms with E-state index in [1.165, 1.54) is 24.3 Å². The molecule has 0 bridgehead atoms. The van der Waals surface area contributed by atoms with Gasteiger partial charge < -0.3 is 4.74 Å². The molecule has 0 saturated heterocycles. The third-order valence-electron chi connectivity index (χ3n) is 2.66. The first-order valence-corrected chi connectivity index (χ1v) is 6.34. The fourth-order valence-corrected chi connectivity index (χ4v) is 1.86. The van der Waals surface area contributed by atoms with Gasteiger partial charge in [0.25, 0.3) is 0 Å². The second-order valence-electron chi connectivity index (χ2n) is 4.11. The van der Waals surface area contributed by atoms with Gasteiger partial charge in [0, 0.05) is 11.9 Å². The number of rotatable bonds is 5. The maximum atomic E-state index is 13.0. The molecule has 0 aliphatic rings. The Balaban J connectivity index is 2.18. The Morgan fingerprint density at radius 2 is 2.00 bits per heavy atom. The molecule has 0 spiro atoms. The zero-order valence-corrected chi connectivity index (χ0v) is 11.1. The molecule has 20 heavy (non-hydrogen) atoms. The summed E-state index contributed by atoms with van der Waals surface area (Å²) in [6.07, 6.45) is 0. The highest BCUT2D eigenvalue weighted by Crippen LogP contribution is 2.29. The lowest BCUT2D eigenvalue weighted by molar-refractivity contribution is -0.386. The second kappa shape index (κ2) is 6.34. The minimum atomic E-state index is -0.531. The number of benzene rings is 2. The molecule has 0 N–H and O–H groups in total. The zero-order chi connectivity index (χ0) is 14.5. The van der Waals surface area contributed by atoms with Crippen molar-refractivity contribution in [2.24, 2.45) is 0 Å². The molecule has 0 amide bonds. The van der Waals surface area contributed by atoms with Crippen LogP contribution in [0.5, 0.6) is 5.75 Å².